The van der Waals surface area contributed by atoms with Gasteiger partial charge in [-0.15, -0.1) is 0 Å². The maximum atomic E-state index is 11.6. The van der Waals surface area contributed by atoms with E-state index in [4.69, 9.17) is 5.11 Å². The minimum Gasteiger partial charge on any atom is -0.478 e. The highest BCUT2D eigenvalue weighted by Crippen LogP contribution is 2.14. The summed E-state index contributed by atoms with van der Waals surface area (Å²) in [5, 5.41) is 13.7. The highest BCUT2D eigenvalue weighted by molar-refractivity contribution is 6.02. The SMILES string of the molecule is CC(C)CC(=O)Nc1ccc(NC(=O)C=CC(=O)O)cc1. The zero-order chi connectivity index (χ0) is 15.8. The van der Waals surface area contributed by atoms with Crippen molar-refractivity contribution in [2.24, 2.45) is 5.92 Å². The van der Waals surface area contributed by atoms with Gasteiger partial charge in [-0.2, -0.15) is 0 Å². The molecule has 0 aliphatic carbocycles. The molecule has 6 heteroatoms. The summed E-state index contributed by atoms with van der Waals surface area (Å²) in [6, 6.07) is 6.57. The van der Waals surface area contributed by atoms with E-state index in [2.05, 4.69) is 10.6 Å². The zero-order valence-electron chi connectivity index (χ0n) is 11.9. The molecule has 0 fully saturated rings. The second kappa shape index (κ2) is 7.84. The summed E-state index contributed by atoms with van der Waals surface area (Å²) in [7, 11) is 0. The number of carbonyl (C=O) groups excluding carboxylic acids is 2. The summed E-state index contributed by atoms with van der Waals surface area (Å²) in [4.78, 5) is 33.2. The standard InChI is InChI=1S/C15H18N2O4/c1-10(2)9-14(19)17-12-5-3-11(4-6-12)16-13(18)7-8-15(20)21/h3-8,10H,9H2,1-2H3,(H,16,18)(H,17,19)(H,20,21). The fourth-order valence-electron chi connectivity index (χ4n) is 1.55. The molecule has 1 aromatic rings. The van der Waals surface area contributed by atoms with Crippen molar-refractivity contribution < 1.29 is 19.5 Å². The van der Waals surface area contributed by atoms with Gasteiger partial charge in [-0.1, -0.05) is 13.8 Å². The first-order valence-electron chi connectivity index (χ1n) is 6.48. The van der Waals surface area contributed by atoms with Crippen molar-refractivity contribution in [1.82, 2.24) is 0 Å². The monoisotopic (exact) mass is 290 g/mol. The molecule has 0 radical (unpaired) electrons. The van der Waals surface area contributed by atoms with Crippen LogP contribution in [0.5, 0.6) is 0 Å². The lowest BCUT2D eigenvalue weighted by Gasteiger charge is -2.08. The molecule has 0 heterocycles. The van der Waals surface area contributed by atoms with Gasteiger partial charge in [-0.3, -0.25) is 9.59 Å². The number of benzene rings is 1. The van der Waals surface area contributed by atoms with Crippen LogP contribution in [0.3, 0.4) is 0 Å². The number of hydrogen-bond donors (Lipinski definition) is 3. The number of carboxylic acids is 1. The lowest BCUT2D eigenvalue weighted by atomic mass is 10.1. The summed E-state index contributed by atoms with van der Waals surface area (Å²) in [5.74, 6) is -1.50. The van der Waals surface area contributed by atoms with Crippen LogP contribution in [0, 0.1) is 5.92 Å². The van der Waals surface area contributed by atoms with Crippen LogP contribution in [-0.4, -0.2) is 22.9 Å². The summed E-state index contributed by atoms with van der Waals surface area (Å²) in [5.41, 5.74) is 1.15. The van der Waals surface area contributed by atoms with Crippen molar-refractivity contribution in [2.45, 2.75) is 20.3 Å². The van der Waals surface area contributed by atoms with Crippen molar-refractivity contribution in [2.75, 3.05) is 10.6 Å². The van der Waals surface area contributed by atoms with E-state index in [0.29, 0.717) is 17.8 Å². The smallest absolute Gasteiger partial charge is 0.328 e. The number of aliphatic carboxylic acids is 1. The van der Waals surface area contributed by atoms with Crippen LogP contribution in [0.4, 0.5) is 11.4 Å². The van der Waals surface area contributed by atoms with Crippen molar-refractivity contribution in [3.63, 3.8) is 0 Å². The molecular weight excluding hydrogens is 272 g/mol. The van der Waals surface area contributed by atoms with Gasteiger partial charge in [0.2, 0.25) is 11.8 Å². The first-order valence-corrected chi connectivity index (χ1v) is 6.48. The van der Waals surface area contributed by atoms with E-state index in [1.807, 2.05) is 13.8 Å². The van der Waals surface area contributed by atoms with Gasteiger partial charge in [0.25, 0.3) is 0 Å². The number of hydrogen-bond acceptors (Lipinski definition) is 3. The normalized spacial score (nSPS) is 10.6. The van der Waals surface area contributed by atoms with Gasteiger partial charge in [0, 0.05) is 29.9 Å². The molecular formula is C15H18N2O4. The van der Waals surface area contributed by atoms with Crippen molar-refractivity contribution >= 4 is 29.2 Å². The van der Waals surface area contributed by atoms with Gasteiger partial charge in [0.15, 0.2) is 0 Å². The molecule has 112 valence electrons. The lowest BCUT2D eigenvalue weighted by Crippen LogP contribution is -2.14. The largest absolute Gasteiger partial charge is 0.478 e. The molecule has 0 spiro atoms. The Morgan fingerprint density at radius 3 is 2.05 bits per heavy atom. The van der Waals surface area contributed by atoms with E-state index in [9.17, 15) is 14.4 Å². The van der Waals surface area contributed by atoms with Crippen LogP contribution in [0.25, 0.3) is 0 Å². The number of carboxylic acid groups (broad SMARTS) is 1. The summed E-state index contributed by atoms with van der Waals surface area (Å²) >= 11 is 0. The highest BCUT2D eigenvalue weighted by atomic mass is 16.4. The van der Waals surface area contributed by atoms with E-state index in [1.165, 1.54) is 0 Å². The van der Waals surface area contributed by atoms with Gasteiger partial charge in [0.05, 0.1) is 0 Å². The van der Waals surface area contributed by atoms with E-state index in [-0.39, 0.29) is 11.8 Å². The molecule has 0 bridgehead atoms. The molecule has 0 aliphatic heterocycles. The number of rotatable bonds is 6. The first-order chi connectivity index (χ1) is 9.86. The third kappa shape index (κ3) is 6.91. The summed E-state index contributed by atoms with van der Waals surface area (Å²) < 4.78 is 0. The fraction of sp³-hybridized carbons (Fsp3) is 0.267. The summed E-state index contributed by atoms with van der Waals surface area (Å²) in [6.45, 7) is 3.92. The Kier molecular flexibility index (Phi) is 6.13. The molecule has 0 saturated carbocycles. The third-order valence-corrected chi connectivity index (χ3v) is 2.41. The Labute approximate surface area is 122 Å². The Morgan fingerprint density at radius 1 is 1.05 bits per heavy atom. The molecule has 6 nitrogen and oxygen atoms in total. The second-order valence-corrected chi connectivity index (χ2v) is 4.88. The van der Waals surface area contributed by atoms with E-state index >= 15 is 0 Å². The van der Waals surface area contributed by atoms with Crippen LogP contribution in [-0.2, 0) is 14.4 Å². The quantitative estimate of drug-likeness (QED) is 0.700. The molecule has 0 unspecified atom stereocenters. The van der Waals surface area contributed by atoms with Gasteiger partial charge in [0.1, 0.15) is 0 Å². The third-order valence-electron chi connectivity index (χ3n) is 2.41. The molecule has 21 heavy (non-hydrogen) atoms. The predicted molar refractivity (Wildman–Crippen MR) is 79.9 cm³/mol. The van der Waals surface area contributed by atoms with Crippen LogP contribution in [0.1, 0.15) is 20.3 Å². The van der Waals surface area contributed by atoms with Crippen LogP contribution >= 0.6 is 0 Å². The Hall–Kier alpha value is -2.63. The fourth-order valence-corrected chi connectivity index (χ4v) is 1.55. The summed E-state index contributed by atoms with van der Waals surface area (Å²) in [6.07, 6.45) is 2.13. The average molecular weight is 290 g/mol. The van der Waals surface area contributed by atoms with Crippen LogP contribution in [0.2, 0.25) is 0 Å². The molecule has 0 aromatic heterocycles. The van der Waals surface area contributed by atoms with E-state index < -0.39 is 11.9 Å². The minimum absolute atomic E-state index is 0.0637. The molecule has 1 aromatic carbocycles. The molecule has 2 amide bonds. The number of anilines is 2. The van der Waals surface area contributed by atoms with Gasteiger partial charge in [-0.25, -0.2) is 4.79 Å². The maximum absolute atomic E-state index is 11.6. The van der Waals surface area contributed by atoms with Crippen molar-refractivity contribution in [3.05, 3.63) is 36.4 Å². The predicted octanol–water partition coefficient (Wildman–Crippen LogP) is 2.25. The average Bonchev–Trinajstić information content (AvgIpc) is 2.37. The molecule has 1 rings (SSSR count). The molecule has 0 saturated heterocycles. The van der Waals surface area contributed by atoms with Crippen LogP contribution in [0.15, 0.2) is 36.4 Å². The lowest BCUT2D eigenvalue weighted by molar-refractivity contribution is -0.131. The van der Waals surface area contributed by atoms with Gasteiger partial charge in [-0.05, 0) is 30.2 Å². The number of nitrogens with one attached hydrogen (secondary N) is 2. The molecule has 0 atom stereocenters. The molecule has 3 N–H and O–H groups in total. The van der Waals surface area contributed by atoms with E-state index in [1.54, 1.807) is 24.3 Å². The maximum Gasteiger partial charge on any atom is 0.328 e. The topological polar surface area (TPSA) is 95.5 Å². The highest BCUT2D eigenvalue weighted by Gasteiger charge is 2.05. The minimum atomic E-state index is -1.19. The number of amides is 2. The van der Waals surface area contributed by atoms with Gasteiger partial charge < -0.3 is 15.7 Å². The van der Waals surface area contributed by atoms with Gasteiger partial charge >= 0.3 is 5.97 Å². The second-order valence-electron chi connectivity index (χ2n) is 4.88. The molecule has 0 aliphatic rings. The van der Waals surface area contributed by atoms with E-state index in [0.717, 1.165) is 12.2 Å². The zero-order valence-corrected chi connectivity index (χ0v) is 11.9. The Morgan fingerprint density at radius 2 is 1.57 bits per heavy atom. The van der Waals surface area contributed by atoms with Crippen LogP contribution < -0.4 is 10.6 Å². The van der Waals surface area contributed by atoms with Crippen molar-refractivity contribution in [3.8, 4) is 0 Å². The van der Waals surface area contributed by atoms with Crippen molar-refractivity contribution in [1.29, 1.82) is 0 Å². The first kappa shape index (κ1) is 16.4. The Balaban J connectivity index is 2.56. The Bertz CT molecular complexity index is 547. The number of carbonyl (C=O) groups is 3.